The monoisotopic (exact) mass is 265 g/mol. The van der Waals surface area contributed by atoms with Crippen molar-refractivity contribution in [1.82, 2.24) is 9.97 Å². The number of aryl methyl sites for hydroxylation is 1. The van der Waals surface area contributed by atoms with Gasteiger partial charge in [-0.1, -0.05) is 12.8 Å². The standard InChI is InChI=1S/C13H19N3O3/c1-9-7-10(15-11(14-9)12(18)19-2)16-13(8-17)5-3-4-6-13/h7,17H,3-6,8H2,1-2H3,(H,14,15,16). The van der Waals surface area contributed by atoms with Crippen LogP contribution >= 0.6 is 0 Å². The van der Waals surface area contributed by atoms with Gasteiger partial charge >= 0.3 is 5.97 Å². The second-order valence-electron chi connectivity index (χ2n) is 4.98. The van der Waals surface area contributed by atoms with E-state index in [0.717, 1.165) is 25.7 Å². The number of nitrogens with one attached hydrogen (secondary N) is 1. The SMILES string of the molecule is COC(=O)c1nc(C)cc(NC2(CO)CCCC2)n1. The molecular formula is C13H19N3O3. The normalized spacial score (nSPS) is 17.2. The maximum atomic E-state index is 11.5. The Kier molecular flexibility index (Phi) is 3.99. The lowest BCUT2D eigenvalue weighted by Gasteiger charge is -2.28. The predicted molar refractivity (Wildman–Crippen MR) is 70.0 cm³/mol. The van der Waals surface area contributed by atoms with Crippen LogP contribution in [0.15, 0.2) is 6.07 Å². The van der Waals surface area contributed by atoms with Crippen LogP contribution in [0.1, 0.15) is 42.0 Å². The average Bonchev–Trinajstić information content (AvgIpc) is 2.86. The molecule has 0 unspecified atom stereocenters. The molecule has 0 spiro atoms. The lowest BCUT2D eigenvalue weighted by molar-refractivity contribution is 0.0586. The van der Waals surface area contributed by atoms with Gasteiger partial charge in [0.05, 0.1) is 19.3 Å². The highest BCUT2D eigenvalue weighted by Crippen LogP contribution is 2.32. The van der Waals surface area contributed by atoms with E-state index in [1.807, 2.05) is 0 Å². The predicted octanol–water partition coefficient (Wildman–Crippen LogP) is 1.29. The van der Waals surface area contributed by atoms with Crippen LogP contribution in [0, 0.1) is 6.92 Å². The number of rotatable bonds is 4. The molecule has 0 atom stereocenters. The molecule has 1 saturated carbocycles. The van der Waals surface area contributed by atoms with Gasteiger partial charge < -0.3 is 15.2 Å². The van der Waals surface area contributed by atoms with E-state index in [0.29, 0.717) is 11.5 Å². The summed E-state index contributed by atoms with van der Waals surface area (Å²) in [6.45, 7) is 1.85. The van der Waals surface area contributed by atoms with Crippen molar-refractivity contribution in [2.75, 3.05) is 19.0 Å². The molecule has 6 nitrogen and oxygen atoms in total. The Labute approximate surface area is 112 Å². The summed E-state index contributed by atoms with van der Waals surface area (Å²) in [4.78, 5) is 19.7. The second kappa shape index (κ2) is 5.52. The van der Waals surface area contributed by atoms with E-state index < -0.39 is 5.97 Å². The van der Waals surface area contributed by atoms with Crippen molar-refractivity contribution < 1.29 is 14.6 Å². The summed E-state index contributed by atoms with van der Waals surface area (Å²) in [5.41, 5.74) is 0.359. The first kappa shape index (κ1) is 13.7. The molecule has 1 aromatic rings. The minimum absolute atomic E-state index is 0.0380. The fraction of sp³-hybridized carbons (Fsp3) is 0.615. The molecule has 104 valence electrons. The summed E-state index contributed by atoms with van der Waals surface area (Å²) < 4.78 is 4.63. The number of hydrogen-bond donors (Lipinski definition) is 2. The van der Waals surface area contributed by atoms with Gasteiger partial charge in [-0.3, -0.25) is 0 Å². The molecule has 1 fully saturated rings. The highest BCUT2D eigenvalue weighted by molar-refractivity contribution is 5.85. The summed E-state index contributed by atoms with van der Waals surface area (Å²) in [5, 5.41) is 12.8. The van der Waals surface area contributed by atoms with Crippen molar-refractivity contribution >= 4 is 11.8 Å². The molecule has 1 aliphatic carbocycles. The van der Waals surface area contributed by atoms with Crippen molar-refractivity contribution in [2.24, 2.45) is 0 Å². The summed E-state index contributed by atoms with van der Waals surface area (Å²) in [5.74, 6) is 0.0381. The Morgan fingerprint density at radius 2 is 2.16 bits per heavy atom. The lowest BCUT2D eigenvalue weighted by Crippen LogP contribution is -2.39. The Balaban J connectivity index is 2.24. The summed E-state index contributed by atoms with van der Waals surface area (Å²) in [6.07, 6.45) is 3.98. The third-order valence-electron chi connectivity index (χ3n) is 3.48. The first-order valence-corrected chi connectivity index (χ1v) is 6.42. The van der Waals surface area contributed by atoms with Crippen LogP contribution in [0.2, 0.25) is 0 Å². The van der Waals surface area contributed by atoms with Crippen LogP contribution in [0.25, 0.3) is 0 Å². The number of hydrogen-bond acceptors (Lipinski definition) is 6. The zero-order valence-corrected chi connectivity index (χ0v) is 11.3. The van der Waals surface area contributed by atoms with Gasteiger partial charge in [0.25, 0.3) is 0 Å². The van der Waals surface area contributed by atoms with Crippen LogP contribution < -0.4 is 5.32 Å². The molecule has 0 aromatic carbocycles. The molecule has 0 amide bonds. The average molecular weight is 265 g/mol. The zero-order valence-electron chi connectivity index (χ0n) is 11.3. The van der Waals surface area contributed by atoms with Crippen LogP contribution in [0.4, 0.5) is 5.82 Å². The van der Waals surface area contributed by atoms with E-state index >= 15 is 0 Å². The van der Waals surface area contributed by atoms with Crippen LogP contribution in [-0.2, 0) is 4.74 Å². The van der Waals surface area contributed by atoms with Gasteiger partial charge in [-0.15, -0.1) is 0 Å². The first-order valence-electron chi connectivity index (χ1n) is 6.42. The molecule has 0 aliphatic heterocycles. The van der Waals surface area contributed by atoms with Crippen molar-refractivity contribution in [1.29, 1.82) is 0 Å². The number of aromatic nitrogens is 2. The van der Waals surface area contributed by atoms with Crippen molar-refractivity contribution in [2.45, 2.75) is 38.1 Å². The summed E-state index contributed by atoms with van der Waals surface area (Å²) >= 11 is 0. The number of ether oxygens (including phenoxy) is 1. The van der Waals surface area contributed by atoms with Gasteiger partial charge in [0.15, 0.2) is 0 Å². The van der Waals surface area contributed by atoms with Gasteiger partial charge in [0.1, 0.15) is 5.82 Å². The van der Waals surface area contributed by atoms with Gasteiger partial charge in [-0.05, 0) is 19.8 Å². The summed E-state index contributed by atoms with van der Waals surface area (Å²) in [6, 6.07) is 1.77. The first-order chi connectivity index (χ1) is 9.08. The number of nitrogens with zero attached hydrogens (tertiary/aromatic N) is 2. The molecule has 6 heteroatoms. The molecule has 19 heavy (non-hydrogen) atoms. The number of methoxy groups -OCH3 is 1. The van der Waals surface area contributed by atoms with Crippen molar-refractivity contribution in [3.63, 3.8) is 0 Å². The maximum Gasteiger partial charge on any atom is 0.376 e. The molecule has 0 radical (unpaired) electrons. The highest BCUT2D eigenvalue weighted by Gasteiger charge is 2.33. The quantitative estimate of drug-likeness (QED) is 0.798. The number of carbonyl (C=O) groups excluding carboxylic acids is 1. The van der Waals surface area contributed by atoms with Gasteiger partial charge in [-0.25, -0.2) is 14.8 Å². The van der Waals surface area contributed by atoms with E-state index in [4.69, 9.17) is 0 Å². The van der Waals surface area contributed by atoms with E-state index in [1.165, 1.54) is 7.11 Å². The fourth-order valence-electron chi connectivity index (χ4n) is 2.46. The molecule has 1 aromatic heterocycles. The highest BCUT2D eigenvalue weighted by atomic mass is 16.5. The molecule has 0 bridgehead atoms. The van der Waals surface area contributed by atoms with Gasteiger partial charge in [-0.2, -0.15) is 0 Å². The van der Waals surface area contributed by atoms with E-state index in [2.05, 4.69) is 20.0 Å². The van der Waals surface area contributed by atoms with Crippen LogP contribution in [0.3, 0.4) is 0 Å². The molecule has 1 heterocycles. The number of esters is 1. The molecule has 2 N–H and O–H groups in total. The fourth-order valence-corrected chi connectivity index (χ4v) is 2.46. The molecular weight excluding hydrogens is 246 g/mol. The van der Waals surface area contributed by atoms with Crippen molar-refractivity contribution in [3.8, 4) is 0 Å². The number of anilines is 1. The van der Waals surface area contributed by atoms with E-state index in [-0.39, 0.29) is 18.0 Å². The van der Waals surface area contributed by atoms with E-state index in [9.17, 15) is 9.90 Å². The molecule has 0 saturated heterocycles. The Morgan fingerprint density at radius 3 is 2.74 bits per heavy atom. The van der Waals surface area contributed by atoms with Crippen LogP contribution in [-0.4, -0.2) is 40.3 Å². The maximum absolute atomic E-state index is 11.5. The minimum Gasteiger partial charge on any atom is -0.463 e. The number of carbonyl (C=O) groups is 1. The summed E-state index contributed by atoms with van der Waals surface area (Å²) in [7, 11) is 1.30. The number of aliphatic hydroxyl groups excluding tert-OH is 1. The topological polar surface area (TPSA) is 84.3 Å². The third-order valence-corrected chi connectivity index (χ3v) is 3.48. The minimum atomic E-state index is -0.559. The molecule has 1 aliphatic rings. The zero-order chi connectivity index (χ0) is 13.9. The molecule has 2 rings (SSSR count). The Hall–Kier alpha value is -1.69. The van der Waals surface area contributed by atoms with Crippen LogP contribution in [0.5, 0.6) is 0 Å². The second-order valence-corrected chi connectivity index (χ2v) is 4.98. The van der Waals surface area contributed by atoms with Gasteiger partial charge in [0, 0.05) is 11.8 Å². The Bertz CT molecular complexity index is 470. The third kappa shape index (κ3) is 3.01. The smallest absolute Gasteiger partial charge is 0.376 e. The van der Waals surface area contributed by atoms with E-state index in [1.54, 1.807) is 13.0 Å². The van der Waals surface area contributed by atoms with Crippen molar-refractivity contribution in [3.05, 3.63) is 17.6 Å². The lowest BCUT2D eigenvalue weighted by atomic mass is 9.99. The van der Waals surface area contributed by atoms with Gasteiger partial charge in [0.2, 0.25) is 5.82 Å². The largest absolute Gasteiger partial charge is 0.463 e. The number of aliphatic hydroxyl groups is 1. The Morgan fingerprint density at radius 1 is 1.47 bits per heavy atom.